The largest absolute Gasteiger partial charge is 0.457 e. The van der Waals surface area contributed by atoms with Crippen LogP contribution >= 0.6 is 0 Å². The summed E-state index contributed by atoms with van der Waals surface area (Å²) < 4.78 is 7.43. The molecule has 1 saturated carbocycles. The van der Waals surface area contributed by atoms with Gasteiger partial charge in [-0.3, -0.25) is 4.68 Å². The molecule has 118 valence electrons. The van der Waals surface area contributed by atoms with Gasteiger partial charge in [0.05, 0.1) is 11.9 Å². The normalized spacial score (nSPS) is 26.0. The molecule has 0 aliphatic heterocycles. The van der Waals surface area contributed by atoms with Gasteiger partial charge in [-0.05, 0) is 37.5 Å². The number of esters is 1. The predicted octanol–water partition coefficient (Wildman–Crippen LogP) is 3.10. The first-order valence-corrected chi connectivity index (χ1v) is 7.96. The minimum absolute atomic E-state index is 0.0131. The van der Waals surface area contributed by atoms with Gasteiger partial charge >= 0.3 is 5.97 Å². The number of nitrogens with two attached hydrogens (primary N) is 1. The molecule has 21 heavy (non-hydrogen) atoms. The fourth-order valence-electron chi connectivity index (χ4n) is 3.31. The fourth-order valence-corrected chi connectivity index (χ4v) is 3.31. The standard InChI is InChI=1S/C16H27N3O2/c1-5-19-15(13(17)9-18-19)16(20)21-14-8-11(4)6-7-12(14)10(2)3/h9-12,14H,5-8,17H2,1-4H3. The van der Waals surface area contributed by atoms with Crippen molar-refractivity contribution in [1.29, 1.82) is 0 Å². The molecular formula is C16H27N3O2. The van der Waals surface area contributed by atoms with Crippen molar-refractivity contribution in [1.82, 2.24) is 9.78 Å². The molecule has 0 bridgehead atoms. The highest BCUT2D eigenvalue weighted by Crippen LogP contribution is 2.35. The Hall–Kier alpha value is -1.52. The Morgan fingerprint density at radius 3 is 2.86 bits per heavy atom. The van der Waals surface area contributed by atoms with E-state index in [1.165, 1.54) is 12.6 Å². The van der Waals surface area contributed by atoms with Crippen LogP contribution in [0.15, 0.2) is 6.20 Å². The van der Waals surface area contributed by atoms with E-state index in [9.17, 15) is 4.79 Å². The smallest absolute Gasteiger partial charge is 0.359 e. The van der Waals surface area contributed by atoms with Crippen LogP contribution < -0.4 is 5.73 Å². The molecule has 1 aliphatic carbocycles. The van der Waals surface area contributed by atoms with E-state index in [-0.39, 0.29) is 12.1 Å². The molecule has 2 N–H and O–H groups in total. The molecule has 0 saturated heterocycles. The molecule has 1 aromatic heterocycles. The maximum atomic E-state index is 12.5. The zero-order chi connectivity index (χ0) is 15.6. The number of aryl methyl sites for hydroxylation is 1. The molecule has 5 nitrogen and oxygen atoms in total. The Morgan fingerprint density at radius 2 is 2.24 bits per heavy atom. The van der Waals surface area contributed by atoms with Crippen molar-refractivity contribution in [3.63, 3.8) is 0 Å². The van der Waals surface area contributed by atoms with Gasteiger partial charge in [0.2, 0.25) is 0 Å². The van der Waals surface area contributed by atoms with Crippen LogP contribution in [0.3, 0.4) is 0 Å². The molecule has 1 aromatic rings. The number of carbonyl (C=O) groups excluding carboxylic acids is 1. The van der Waals surface area contributed by atoms with Crippen LogP contribution in [0.4, 0.5) is 5.69 Å². The number of hydrogen-bond acceptors (Lipinski definition) is 4. The third kappa shape index (κ3) is 3.39. The Balaban J connectivity index is 2.14. The average Bonchev–Trinajstić information content (AvgIpc) is 2.79. The van der Waals surface area contributed by atoms with Gasteiger partial charge in [-0.1, -0.05) is 27.2 Å². The monoisotopic (exact) mass is 293 g/mol. The zero-order valence-electron chi connectivity index (χ0n) is 13.5. The van der Waals surface area contributed by atoms with Gasteiger partial charge in [0.15, 0.2) is 5.69 Å². The average molecular weight is 293 g/mol. The number of anilines is 1. The van der Waals surface area contributed by atoms with Crippen LogP contribution in [0, 0.1) is 17.8 Å². The van der Waals surface area contributed by atoms with Crippen molar-refractivity contribution >= 4 is 11.7 Å². The lowest BCUT2D eigenvalue weighted by molar-refractivity contribution is -0.0182. The Morgan fingerprint density at radius 1 is 1.52 bits per heavy atom. The Kier molecular flexibility index (Phi) is 4.91. The van der Waals surface area contributed by atoms with Crippen LogP contribution in [-0.2, 0) is 11.3 Å². The summed E-state index contributed by atoms with van der Waals surface area (Å²) >= 11 is 0. The van der Waals surface area contributed by atoms with E-state index in [1.54, 1.807) is 4.68 Å². The van der Waals surface area contributed by atoms with Gasteiger partial charge in [-0.25, -0.2) is 4.79 Å². The van der Waals surface area contributed by atoms with Crippen LogP contribution in [0.1, 0.15) is 57.4 Å². The first-order valence-electron chi connectivity index (χ1n) is 7.96. The number of nitrogen functional groups attached to an aromatic ring is 1. The van der Waals surface area contributed by atoms with Crippen molar-refractivity contribution in [2.24, 2.45) is 17.8 Å². The van der Waals surface area contributed by atoms with E-state index in [4.69, 9.17) is 10.5 Å². The van der Waals surface area contributed by atoms with Gasteiger partial charge in [-0.15, -0.1) is 0 Å². The minimum atomic E-state index is -0.336. The van der Waals surface area contributed by atoms with Crippen molar-refractivity contribution < 1.29 is 9.53 Å². The van der Waals surface area contributed by atoms with E-state index in [0.29, 0.717) is 35.7 Å². The van der Waals surface area contributed by atoms with Gasteiger partial charge in [0.25, 0.3) is 0 Å². The molecular weight excluding hydrogens is 266 g/mol. The lowest BCUT2D eigenvalue weighted by Crippen LogP contribution is -2.36. The third-order valence-corrected chi connectivity index (χ3v) is 4.58. The number of rotatable bonds is 4. The molecule has 0 spiro atoms. The van der Waals surface area contributed by atoms with Gasteiger partial charge in [0, 0.05) is 6.54 Å². The van der Waals surface area contributed by atoms with Crippen molar-refractivity contribution in [2.45, 2.75) is 59.6 Å². The summed E-state index contributed by atoms with van der Waals surface area (Å²) in [6.45, 7) is 9.17. The van der Waals surface area contributed by atoms with Crippen molar-refractivity contribution in [3.05, 3.63) is 11.9 Å². The second-order valence-corrected chi connectivity index (χ2v) is 6.53. The highest BCUT2D eigenvalue weighted by molar-refractivity contribution is 5.93. The number of carbonyl (C=O) groups is 1. The summed E-state index contributed by atoms with van der Waals surface area (Å²) in [5.41, 5.74) is 6.64. The van der Waals surface area contributed by atoms with E-state index in [2.05, 4.69) is 25.9 Å². The molecule has 0 radical (unpaired) electrons. The van der Waals surface area contributed by atoms with Crippen molar-refractivity contribution in [2.75, 3.05) is 5.73 Å². The van der Waals surface area contributed by atoms with Crippen LogP contribution in [-0.4, -0.2) is 21.9 Å². The fraction of sp³-hybridized carbons (Fsp3) is 0.750. The number of aromatic nitrogens is 2. The molecule has 0 aromatic carbocycles. The summed E-state index contributed by atoms with van der Waals surface area (Å²) in [5.74, 6) is 1.22. The summed E-state index contributed by atoms with van der Waals surface area (Å²) in [6, 6.07) is 0. The molecule has 5 heteroatoms. The third-order valence-electron chi connectivity index (χ3n) is 4.58. The second-order valence-electron chi connectivity index (χ2n) is 6.53. The molecule has 3 atom stereocenters. The molecule has 3 unspecified atom stereocenters. The van der Waals surface area contributed by atoms with Gasteiger partial charge < -0.3 is 10.5 Å². The van der Waals surface area contributed by atoms with E-state index >= 15 is 0 Å². The Labute approximate surface area is 126 Å². The van der Waals surface area contributed by atoms with Crippen LogP contribution in [0.2, 0.25) is 0 Å². The van der Waals surface area contributed by atoms with Crippen LogP contribution in [0.25, 0.3) is 0 Å². The molecule has 1 aliphatic rings. The number of hydrogen-bond donors (Lipinski definition) is 1. The number of nitrogens with zero attached hydrogens (tertiary/aromatic N) is 2. The first kappa shape index (κ1) is 15.9. The van der Waals surface area contributed by atoms with E-state index in [1.807, 2.05) is 6.92 Å². The molecule has 2 rings (SSSR count). The minimum Gasteiger partial charge on any atom is -0.457 e. The summed E-state index contributed by atoms with van der Waals surface area (Å²) in [7, 11) is 0. The summed E-state index contributed by atoms with van der Waals surface area (Å²) in [4.78, 5) is 12.5. The lowest BCUT2D eigenvalue weighted by atomic mass is 9.75. The Bertz CT molecular complexity index is 496. The molecule has 1 fully saturated rings. The maximum Gasteiger partial charge on any atom is 0.359 e. The van der Waals surface area contributed by atoms with E-state index < -0.39 is 0 Å². The highest BCUT2D eigenvalue weighted by atomic mass is 16.5. The SMILES string of the molecule is CCn1ncc(N)c1C(=O)OC1CC(C)CCC1C(C)C. The predicted molar refractivity (Wildman–Crippen MR) is 82.9 cm³/mol. The molecule has 0 amide bonds. The van der Waals surface area contributed by atoms with Crippen molar-refractivity contribution in [3.8, 4) is 0 Å². The van der Waals surface area contributed by atoms with Gasteiger partial charge in [0.1, 0.15) is 6.10 Å². The molecule has 1 heterocycles. The first-order chi connectivity index (χ1) is 9.93. The van der Waals surface area contributed by atoms with Crippen LogP contribution in [0.5, 0.6) is 0 Å². The number of ether oxygens (including phenoxy) is 1. The van der Waals surface area contributed by atoms with Gasteiger partial charge in [-0.2, -0.15) is 5.10 Å². The second kappa shape index (κ2) is 6.50. The lowest BCUT2D eigenvalue weighted by Gasteiger charge is -2.36. The quantitative estimate of drug-likeness (QED) is 0.866. The summed E-state index contributed by atoms with van der Waals surface area (Å²) in [6.07, 6.45) is 4.78. The highest BCUT2D eigenvalue weighted by Gasteiger charge is 2.34. The van der Waals surface area contributed by atoms with E-state index in [0.717, 1.165) is 12.8 Å². The maximum absolute atomic E-state index is 12.5. The summed E-state index contributed by atoms with van der Waals surface area (Å²) in [5, 5.41) is 4.11. The topological polar surface area (TPSA) is 70.1 Å². The zero-order valence-corrected chi connectivity index (χ0v) is 13.5.